The number of hydrogen-bond donors (Lipinski definition) is 2. The Morgan fingerprint density at radius 3 is 2.75 bits per heavy atom. The first-order valence-corrected chi connectivity index (χ1v) is 6.00. The monoisotopic (exact) mass is 225 g/mol. The number of aryl methyl sites for hydroxylation is 1. The maximum absolute atomic E-state index is 9.36. The molecule has 2 N–H and O–H groups in total. The molecular formula is C12H23N3O. The van der Waals surface area contributed by atoms with Crippen molar-refractivity contribution in [1.82, 2.24) is 15.1 Å². The van der Waals surface area contributed by atoms with E-state index in [2.05, 4.69) is 31.2 Å². The summed E-state index contributed by atoms with van der Waals surface area (Å²) in [6.45, 7) is 8.08. The number of nitrogens with one attached hydrogen (secondary N) is 1. The summed E-state index contributed by atoms with van der Waals surface area (Å²) in [6.07, 6.45) is 5.96. The number of hydrogen-bond acceptors (Lipinski definition) is 3. The highest BCUT2D eigenvalue weighted by atomic mass is 16.3. The maximum Gasteiger partial charge on any atom is 0.0610 e. The van der Waals surface area contributed by atoms with Gasteiger partial charge in [-0.25, -0.2) is 0 Å². The van der Waals surface area contributed by atoms with Gasteiger partial charge in [0.15, 0.2) is 0 Å². The summed E-state index contributed by atoms with van der Waals surface area (Å²) in [6, 6.07) is 0. The maximum atomic E-state index is 9.36. The molecule has 0 aliphatic rings. The minimum Gasteiger partial charge on any atom is -0.394 e. The van der Waals surface area contributed by atoms with Gasteiger partial charge in [-0.3, -0.25) is 4.68 Å². The van der Waals surface area contributed by atoms with Gasteiger partial charge in [0, 0.05) is 30.4 Å². The van der Waals surface area contributed by atoms with Crippen LogP contribution in [-0.4, -0.2) is 27.0 Å². The molecule has 1 aromatic rings. The molecular weight excluding hydrogens is 202 g/mol. The average Bonchev–Trinajstić information content (AvgIpc) is 2.75. The minimum atomic E-state index is -0.178. The first-order valence-electron chi connectivity index (χ1n) is 6.00. The molecule has 16 heavy (non-hydrogen) atoms. The summed E-state index contributed by atoms with van der Waals surface area (Å²) in [7, 11) is 0. The van der Waals surface area contributed by atoms with Crippen molar-refractivity contribution in [3.8, 4) is 0 Å². The van der Waals surface area contributed by atoms with Gasteiger partial charge in [0.25, 0.3) is 0 Å². The Bertz CT molecular complexity index is 311. The van der Waals surface area contributed by atoms with Crippen molar-refractivity contribution in [2.75, 3.05) is 6.61 Å². The van der Waals surface area contributed by atoms with Gasteiger partial charge in [0.2, 0.25) is 0 Å². The molecule has 1 unspecified atom stereocenters. The zero-order chi connectivity index (χ0) is 12.0. The van der Waals surface area contributed by atoms with Crippen LogP contribution < -0.4 is 5.32 Å². The highest BCUT2D eigenvalue weighted by Gasteiger charge is 2.21. The predicted octanol–water partition coefficient (Wildman–Crippen LogP) is 1.54. The van der Waals surface area contributed by atoms with Crippen molar-refractivity contribution >= 4 is 0 Å². The molecule has 92 valence electrons. The molecule has 1 heterocycles. The molecule has 0 amide bonds. The molecule has 0 aliphatic heterocycles. The molecule has 1 atom stereocenters. The van der Waals surface area contributed by atoms with Crippen molar-refractivity contribution in [2.45, 2.75) is 52.2 Å². The van der Waals surface area contributed by atoms with Crippen LogP contribution in [0.2, 0.25) is 0 Å². The normalized spacial score (nSPS) is 15.0. The van der Waals surface area contributed by atoms with Crippen LogP contribution in [0.15, 0.2) is 12.4 Å². The minimum absolute atomic E-state index is 0.169. The Morgan fingerprint density at radius 2 is 2.25 bits per heavy atom. The molecule has 0 saturated carbocycles. The van der Waals surface area contributed by atoms with Crippen molar-refractivity contribution in [1.29, 1.82) is 0 Å². The smallest absolute Gasteiger partial charge is 0.0610 e. The lowest BCUT2D eigenvalue weighted by atomic mass is 9.97. The van der Waals surface area contributed by atoms with Crippen LogP contribution >= 0.6 is 0 Å². The average molecular weight is 225 g/mol. The number of aliphatic hydroxyl groups is 1. The third kappa shape index (κ3) is 3.61. The second-order valence-corrected chi connectivity index (χ2v) is 4.53. The quantitative estimate of drug-likeness (QED) is 0.740. The summed E-state index contributed by atoms with van der Waals surface area (Å²) >= 11 is 0. The molecule has 0 bridgehead atoms. The summed E-state index contributed by atoms with van der Waals surface area (Å²) < 4.78 is 1.91. The number of rotatable bonds is 7. The molecule has 0 aliphatic carbocycles. The molecule has 4 heteroatoms. The van der Waals surface area contributed by atoms with E-state index in [1.54, 1.807) is 0 Å². The van der Waals surface area contributed by atoms with E-state index in [1.807, 2.05) is 17.1 Å². The molecule has 0 saturated heterocycles. The highest BCUT2D eigenvalue weighted by molar-refractivity contribution is 5.04. The molecule has 0 spiro atoms. The fourth-order valence-electron chi connectivity index (χ4n) is 1.76. The molecule has 0 radical (unpaired) electrons. The fraction of sp³-hybridized carbons (Fsp3) is 0.750. The molecule has 4 nitrogen and oxygen atoms in total. The second kappa shape index (κ2) is 6.01. The van der Waals surface area contributed by atoms with E-state index in [-0.39, 0.29) is 12.1 Å². The molecule has 0 aromatic carbocycles. The van der Waals surface area contributed by atoms with Crippen LogP contribution in [0.1, 0.15) is 39.2 Å². The van der Waals surface area contributed by atoms with Crippen molar-refractivity contribution in [3.63, 3.8) is 0 Å². The van der Waals surface area contributed by atoms with Gasteiger partial charge in [0.05, 0.1) is 12.8 Å². The summed E-state index contributed by atoms with van der Waals surface area (Å²) in [5.74, 6) is 0. The Morgan fingerprint density at radius 1 is 1.50 bits per heavy atom. The van der Waals surface area contributed by atoms with Crippen LogP contribution in [0.3, 0.4) is 0 Å². The number of aromatic nitrogens is 2. The van der Waals surface area contributed by atoms with Crippen LogP contribution in [0.4, 0.5) is 0 Å². The van der Waals surface area contributed by atoms with Crippen LogP contribution in [0.25, 0.3) is 0 Å². The van der Waals surface area contributed by atoms with Gasteiger partial charge < -0.3 is 10.4 Å². The van der Waals surface area contributed by atoms with E-state index in [4.69, 9.17) is 0 Å². The third-order valence-electron chi connectivity index (χ3n) is 2.88. The zero-order valence-electron chi connectivity index (χ0n) is 10.5. The topological polar surface area (TPSA) is 50.1 Å². The largest absolute Gasteiger partial charge is 0.394 e. The fourth-order valence-corrected chi connectivity index (χ4v) is 1.76. The van der Waals surface area contributed by atoms with Gasteiger partial charge in [-0.15, -0.1) is 0 Å². The van der Waals surface area contributed by atoms with Crippen LogP contribution in [0, 0.1) is 0 Å². The zero-order valence-corrected chi connectivity index (χ0v) is 10.5. The second-order valence-electron chi connectivity index (χ2n) is 4.53. The lowest BCUT2D eigenvalue weighted by Gasteiger charge is -2.28. The van der Waals surface area contributed by atoms with E-state index in [0.29, 0.717) is 0 Å². The van der Waals surface area contributed by atoms with Crippen molar-refractivity contribution in [3.05, 3.63) is 18.0 Å². The first kappa shape index (κ1) is 13.2. The molecule has 1 rings (SSSR count). The SMILES string of the molecule is CCCC(C)(CO)NCc1cnn(CC)c1. The van der Waals surface area contributed by atoms with Gasteiger partial charge in [-0.05, 0) is 20.3 Å². The Balaban J connectivity index is 2.48. The Hall–Kier alpha value is -0.870. The first-order chi connectivity index (χ1) is 7.63. The van der Waals surface area contributed by atoms with E-state index < -0.39 is 0 Å². The van der Waals surface area contributed by atoms with Crippen molar-refractivity contribution < 1.29 is 5.11 Å². The number of nitrogens with zero attached hydrogens (tertiary/aromatic N) is 2. The van der Waals surface area contributed by atoms with Gasteiger partial charge >= 0.3 is 0 Å². The van der Waals surface area contributed by atoms with Gasteiger partial charge in [-0.2, -0.15) is 5.10 Å². The summed E-state index contributed by atoms with van der Waals surface area (Å²) in [5.41, 5.74) is 0.987. The van der Waals surface area contributed by atoms with Gasteiger partial charge in [0.1, 0.15) is 0 Å². The molecule has 1 aromatic heterocycles. The van der Waals surface area contributed by atoms with E-state index in [9.17, 15) is 5.11 Å². The standard InChI is InChI=1S/C12H23N3O/c1-4-6-12(3,10-16)13-7-11-8-14-15(5-2)9-11/h8-9,13,16H,4-7,10H2,1-3H3. The Labute approximate surface area is 97.7 Å². The summed E-state index contributed by atoms with van der Waals surface area (Å²) in [5, 5.41) is 17.0. The van der Waals surface area contributed by atoms with Crippen LogP contribution in [0.5, 0.6) is 0 Å². The van der Waals surface area contributed by atoms with E-state index in [1.165, 1.54) is 0 Å². The highest BCUT2D eigenvalue weighted by Crippen LogP contribution is 2.12. The van der Waals surface area contributed by atoms with E-state index in [0.717, 1.165) is 31.5 Å². The van der Waals surface area contributed by atoms with Crippen LogP contribution in [-0.2, 0) is 13.1 Å². The predicted molar refractivity (Wildman–Crippen MR) is 65.1 cm³/mol. The Kier molecular flexibility index (Phi) is 4.96. The molecule has 0 fully saturated rings. The summed E-state index contributed by atoms with van der Waals surface area (Å²) in [4.78, 5) is 0. The van der Waals surface area contributed by atoms with E-state index >= 15 is 0 Å². The number of aliphatic hydroxyl groups excluding tert-OH is 1. The van der Waals surface area contributed by atoms with Gasteiger partial charge in [-0.1, -0.05) is 13.3 Å². The lowest BCUT2D eigenvalue weighted by molar-refractivity contribution is 0.163. The lowest BCUT2D eigenvalue weighted by Crippen LogP contribution is -2.45. The van der Waals surface area contributed by atoms with Crippen molar-refractivity contribution in [2.24, 2.45) is 0 Å². The third-order valence-corrected chi connectivity index (χ3v) is 2.88.